The molecule has 2 rings (SSSR count). The molecule has 2 N–H and O–H groups in total. The average Bonchev–Trinajstić information content (AvgIpc) is 2.74. The molecule has 2 aromatic rings. The standard InChI is InChI=1S/C12H11F2N3O/c1-7-10(6-16-17-7)12(18)15-5-8-2-3-9(13)4-11(8)14/h2-4,6H,5H2,1H3,(H,15,18)(H,16,17). The number of hydrogen-bond acceptors (Lipinski definition) is 2. The highest BCUT2D eigenvalue weighted by atomic mass is 19.1. The lowest BCUT2D eigenvalue weighted by molar-refractivity contribution is 0.0950. The van der Waals surface area contributed by atoms with Gasteiger partial charge in [0.05, 0.1) is 11.8 Å². The number of rotatable bonds is 3. The molecule has 0 aliphatic rings. The van der Waals surface area contributed by atoms with Crippen LogP contribution in [0.25, 0.3) is 0 Å². The SMILES string of the molecule is Cc1[nH]ncc1C(=O)NCc1ccc(F)cc1F. The number of halogens is 2. The van der Waals surface area contributed by atoms with Crippen LogP contribution in [0.5, 0.6) is 0 Å². The third-order valence-corrected chi connectivity index (χ3v) is 2.53. The lowest BCUT2D eigenvalue weighted by Gasteiger charge is -2.05. The molecule has 4 nitrogen and oxygen atoms in total. The number of nitrogens with zero attached hydrogens (tertiary/aromatic N) is 1. The summed E-state index contributed by atoms with van der Waals surface area (Å²) in [6.45, 7) is 1.70. The second kappa shape index (κ2) is 4.95. The minimum Gasteiger partial charge on any atom is -0.348 e. The molecule has 1 aromatic carbocycles. The molecule has 0 unspecified atom stereocenters. The number of carbonyl (C=O) groups excluding carboxylic acids is 1. The van der Waals surface area contributed by atoms with Crippen molar-refractivity contribution in [2.45, 2.75) is 13.5 Å². The Labute approximate surface area is 102 Å². The quantitative estimate of drug-likeness (QED) is 0.875. The predicted octanol–water partition coefficient (Wildman–Crippen LogP) is 1.93. The fourth-order valence-corrected chi connectivity index (χ4v) is 1.52. The molecule has 0 aliphatic carbocycles. The first-order valence-electron chi connectivity index (χ1n) is 5.30. The summed E-state index contributed by atoms with van der Waals surface area (Å²) >= 11 is 0. The van der Waals surface area contributed by atoms with E-state index in [4.69, 9.17) is 0 Å². The number of aryl methyl sites for hydroxylation is 1. The molecule has 6 heteroatoms. The highest BCUT2D eigenvalue weighted by Crippen LogP contribution is 2.10. The molecule has 0 atom stereocenters. The highest BCUT2D eigenvalue weighted by Gasteiger charge is 2.11. The highest BCUT2D eigenvalue weighted by molar-refractivity contribution is 5.94. The number of H-pyrrole nitrogens is 1. The summed E-state index contributed by atoms with van der Waals surface area (Å²) in [5.74, 6) is -1.68. The summed E-state index contributed by atoms with van der Waals surface area (Å²) < 4.78 is 26.0. The number of aromatic amines is 1. The Morgan fingerprint density at radius 2 is 2.22 bits per heavy atom. The van der Waals surface area contributed by atoms with Crippen molar-refractivity contribution in [3.05, 3.63) is 52.9 Å². The van der Waals surface area contributed by atoms with Gasteiger partial charge in [0.25, 0.3) is 5.91 Å². The third-order valence-electron chi connectivity index (χ3n) is 2.53. The van der Waals surface area contributed by atoms with E-state index >= 15 is 0 Å². The van der Waals surface area contributed by atoms with Crippen molar-refractivity contribution in [2.75, 3.05) is 0 Å². The van der Waals surface area contributed by atoms with Gasteiger partial charge in [0.15, 0.2) is 0 Å². The van der Waals surface area contributed by atoms with Crippen LogP contribution in [0.2, 0.25) is 0 Å². The molecule has 0 radical (unpaired) electrons. The van der Waals surface area contributed by atoms with Crippen molar-refractivity contribution in [3.63, 3.8) is 0 Å². The Hall–Kier alpha value is -2.24. The van der Waals surface area contributed by atoms with Crippen molar-refractivity contribution in [3.8, 4) is 0 Å². The molecule has 0 saturated carbocycles. The first-order chi connectivity index (χ1) is 8.58. The maximum atomic E-state index is 13.3. The maximum Gasteiger partial charge on any atom is 0.255 e. The van der Waals surface area contributed by atoms with Gasteiger partial charge in [-0.2, -0.15) is 5.10 Å². The number of amides is 1. The summed E-state index contributed by atoms with van der Waals surface area (Å²) in [6.07, 6.45) is 1.39. The van der Waals surface area contributed by atoms with Gasteiger partial charge < -0.3 is 5.32 Å². The van der Waals surface area contributed by atoms with Crippen LogP contribution in [0.3, 0.4) is 0 Å². The molecule has 0 aliphatic heterocycles. The fourth-order valence-electron chi connectivity index (χ4n) is 1.52. The van der Waals surface area contributed by atoms with E-state index in [1.807, 2.05) is 0 Å². The number of aromatic nitrogens is 2. The Bertz CT molecular complexity index is 580. The van der Waals surface area contributed by atoms with Crippen molar-refractivity contribution in [1.29, 1.82) is 0 Å². The van der Waals surface area contributed by atoms with Crippen molar-refractivity contribution < 1.29 is 13.6 Å². The molecule has 1 amide bonds. The van der Waals surface area contributed by atoms with E-state index in [0.29, 0.717) is 11.3 Å². The van der Waals surface area contributed by atoms with Gasteiger partial charge in [0.1, 0.15) is 11.6 Å². The summed E-state index contributed by atoms with van der Waals surface area (Å²) in [5, 5.41) is 8.89. The molecule has 1 heterocycles. The molecule has 0 saturated heterocycles. The van der Waals surface area contributed by atoms with Crippen LogP contribution in [0, 0.1) is 18.6 Å². The van der Waals surface area contributed by atoms with Crippen molar-refractivity contribution in [1.82, 2.24) is 15.5 Å². The zero-order valence-corrected chi connectivity index (χ0v) is 9.63. The van der Waals surface area contributed by atoms with Crippen LogP contribution < -0.4 is 5.32 Å². The van der Waals surface area contributed by atoms with Gasteiger partial charge in [0, 0.05) is 23.9 Å². The van der Waals surface area contributed by atoms with Gasteiger partial charge in [-0.3, -0.25) is 9.89 Å². The lowest BCUT2D eigenvalue weighted by atomic mass is 10.2. The number of nitrogens with one attached hydrogen (secondary N) is 2. The Kier molecular flexibility index (Phi) is 3.36. The van der Waals surface area contributed by atoms with Crippen LogP contribution in [0.15, 0.2) is 24.4 Å². The Morgan fingerprint density at radius 3 is 2.83 bits per heavy atom. The largest absolute Gasteiger partial charge is 0.348 e. The van der Waals surface area contributed by atoms with E-state index in [0.717, 1.165) is 12.1 Å². The van der Waals surface area contributed by atoms with Crippen LogP contribution in [-0.4, -0.2) is 16.1 Å². The first kappa shape index (κ1) is 12.2. The molecule has 1 aromatic heterocycles. The molecular weight excluding hydrogens is 240 g/mol. The van der Waals surface area contributed by atoms with Crippen molar-refractivity contribution >= 4 is 5.91 Å². The number of benzene rings is 1. The van der Waals surface area contributed by atoms with Gasteiger partial charge in [-0.25, -0.2) is 8.78 Å². The third kappa shape index (κ3) is 2.53. The molecule has 0 spiro atoms. The van der Waals surface area contributed by atoms with Gasteiger partial charge in [0.2, 0.25) is 0 Å². The number of carbonyl (C=O) groups is 1. The smallest absolute Gasteiger partial charge is 0.255 e. The fraction of sp³-hybridized carbons (Fsp3) is 0.167. The second-order valence-corrected chi connectivity index (χ2v) is 3.83. The molecular formula is C12H11F2N3O. The summed E-state index contributed by atoms with van der Waals surface area (Å²) in [4.78, 5) is 11.7. The van der Waals surface area contributed by atoms with E-state index in [2.05, 4.69) is 15.5 Å². The summed E-state index contributed by atoms with van der Waals surface area (Å²) in [6, 6.07) is 3.23. The van der Waals surface area contributed by atoms with Crippen LogP contribution in [0.4, 0.5) is 8.78 Å². The molecule has 0 fully saturated rings. The minimum absolute atomic E-state index is 0.00440. The normalized spacial score (nSPS) is 10.4. The number of hydrogen-bond donors (Lipinski definition) is 2. The van der Waals surface area contributed by atoms with Crippen LogP contribution in [0.1, 0.15) is 21.6 Å². The van der Waals surface area contributed by atoms with Crippen LogP contribution in [-0.2, 0) is 6.54 Å². The second-order valence-electron chi connectivity index (χ2n) is 3.83. The predicted molar refractivity (Wildman–Crippen MR) is 60.9 cm³/mol. The summed E-state index contributed by atoms with van der Waals surface area (Å²) in [7, 11) is 0. The van der Waals surface area contributed by atoms with Gasteiger partial charge >= 0.3 is 0 Å². The monoisotopic (exact) mass is 251 g/mol. The van der Waals surface area contributed by atoms with E-state index in [1.165, 1.54) is 12.3 Å². The summed E-state index contributed by atoms with van der Waals surface area (Å²) in [5.41, 5.74) is 1.26. The molecule has 94 valence electrons. The van der Waals surface area contributed by atoms with Crippen molar-refractivity contribution in [2.24, 2.45) is 0 Å². The van der Waals surface area contributed by atoms with E-state index in [1.54, 1.807) is 6.92 Å². The maximum absolute atomic E-state index is 13.3. The van der Waals surface area contributed by atoms with Gasteiger partial charge in [-0.15, -0.1) is 0 Å². The molecule has 0 bridgehead atoms. The Morgan fingerprint density at radius 1 is 1.44 bits per heavy atom. The average molecular weight is 251 g/mol. The Balaban J connectivity index is 2.04. The van der Waals surface area contributed by atoms with E-state index < -0.39 is 11.6 Å². The topological polar surface area (TPSA) is 57.8 Å². The zero-order valence-electron chi connectivity index (χ0n) is 9.63. The first-order valence-corrected chi connectivity index (χ1v) is 5.30. The van der Waals surface area contributed by atoms with E-state index in [9.17, 15) is 13.6 Å². The zero-order chi connectivity index (χ0) is 13.1. The van der Waals surface area contributed by atoms with Crippen LogP contribution >= 0.6 is 0 Å². The lowest BCUT2D eigenvalue weighted by Crippen LogP contribution is -2.23. The van der Waals surface area contributed by atoms with E-state index in [-0.39, 0.29) is 18.0 Å². The minimum atomic E-state index is -0.681. The molecule has 18 heavy (non-hydrogen) atoms. The van der Waals surface area contributed by atoms with Gasteiger partial charge in [-0.05, 0) is 13.0 Å². The van der Waals surface area contributed by atoms with Gasteiger partial charge in [-0.1, -0.05) is 6.07 Å².